The Morgan fingerprint density at radius 1 is 0.929 bits per heavy atom. The van der Waals surface area contributed by atoms with Gasteiger partial charge in [0.2, 0.25) is 15.9 Å². The molecule has 1 amide bonds. The molecule has 28 heavy (non-hydrogen) atoms. The van der Waals surface area contributed by atoms with Crippen molar-refractivity contribution in [3.8, 4) is 0 Å². The summed E-state index contributed by atoms with van der Waals surface area (Å²) in [5.74, 6) is -0.107. The lowest BCUT2D eigenvalue weighted by atomic mass is 10.0. The van der Waals surface area contributed by atoms with Crippen molar-refractivity contribution in [3.63, 3.8) is 0 Å². The van der Waals surface area contributed by atoms with E-state index in [4.69, 9.17) is 0 Å². The van der Waals surface area contributed by atoms with Crippen LogP contribution in [0, 0.1) is 34.6 Å². The molecule has 0 saturated heterocycles. The number of sulfonamides is 1. The molecule has 0 heterocycles. The number of anilines is 2. The number of nitrogens with one attached hydrogen (secondary N) is 1. The van der Waals surface area contributed by atoms with E-state index in [0.717, 1.165) is 33.5 Å². The molecular weight excluding hydrogens is 372 g/mol. The van der Waals surface area contributed by atoms with Gasteiger partial charge in [-0.25, -0.2) is 8.42 Å². The molecule has 6 heteroatoms. The van der Waals surface area contributed by atoms with Crippen molar-refractivity contribution in [1.29, 1.82) is 0 Å². The summed E-state index contributed by atoms with van der Waals surface area (Å²) in [7, 11) is -3.43. The molecule has 0 aliphatic heterocycles. The van der Waals surface area contributed by atoms with Crippen LogP contribution >= 0.6 is 0 Å². The van der Waals surface area contributed by atoms with Gasteiger partial charge in [0.25, 0.3) is 0 Å². The van der Waals surface area contributed by atoms with Gasteiger partial charge >= 0.3 is 0 Å². The lowest BCUT2D eigenvalue weighted by molar-refractivity contribution is -0.116. The molecule has 5 nitrogen and oxygen atoms in total. The molecule has 2 aromatic carbocycles. The molecule has 0 unspecified atom stereocenters. The minimum absolute atomic E-state index is 0.107. The maximum absolute atomic E-state index is 12.4. The Morgan fingerprint density at radius 3 is 2.11 bits per heavy atom. The quantitative estimate of drug-likeness (QED) is 0.746. The first-order valence-corrected chi connectivity index (χ1v) is 11.3. The molecule has 0 saturated carbocycles. The fraction of sp³-hybridized carbons (Fsp3) is 0.409. The molecule has 0 aromatic heterocycles. The van der Waals surface area contributed by atoms with Crippen LogP contribution in [-0.4, -0.2) is 27.1 Å². The summed E-state index contributed by atoms with van der Waals surface area (Å²) in [5.41, 5.74) is 6.62. The smallest absolute Gasteiger partial charge is 0.232 e. The van der Waals surface area contributed by atoms with Crippen molar-refractivity contribution in [2.75, 3.05) is 22.4 Å². The van der Waals surface area contributed by atoms with Gasteiger partial charge in [0.15, 0.2) is 0 Å². The van der Waals surface area contributed by atoms with E-state index in [2.05, 4.69) is 5.32 Å². The standard InChI is InChI=1S/C22H30N2O3S/c1-15-9-10-17(3)20(14-15)24(28(6,26)27)11-7-8-21(25)23-22-18(4)12-16(2)13-19(22)5/h9-10,12-14H,7-8,11H2,1-6H3,(H,23,25). The van der Waals surface area contributed by atoms with E-state index in [1.807, 2.05) is 65.0 Å². The highest BCUT2D eigenvalue weighted by atomic mass is 32.2. The Hall–Kier alpha value is -2.34. The van der Waals surface area contributed by atoms with Crippen molar-refractivity contribution in [2.24, 2.45) is 0 Å². The number of hydrogen-bond donors (Lipinski definition) is 1. The van der Waals surface area contributed by atoms with Crippen LogP contribution in [0.4, 0.5) is 11.4 Å². The van der Waals surface area contributed by atoms with E-state index in [-0.39, 0.29) is 18.9 Å². The van der Waals surface area contributed by atoms with Crippen molar-refractivity contribution < 1.29 is 13.2 Å². The van der Waals surface area contributed by atoms with Crippen molar-refractivity contribution in [3.05, 3.63) is 58.1 Å². The third-order valence-electron chi connectivity index (χ3n) is 4.74. The van der Waals surface area contributed by atoms with Crippen LogP contribution in [0.3, 0.4) is 0 Å². The summed E-state index contributed by atoms with van der Waals surface area (Å²) in [5, 5.41) is 2.97. The van der Waals surface area contributed by atoms with E-state index in [9.17, 15) is 13.2 Å². The summed E-state index contributed by atoms with van der Waals surface area (Å²) in [6.07, 6.45) is 1.90. The summed E-state index contributed by atoms with van der Waals surface area (Å²) in [4.78, 5) is 12.4. The maximum atomic E-state index is 12.4. The summed E-state index contributed by atoms with van der Waals surface area (Å²) in [6.45, 7) is 10.1. The topological polar surface area (TPSA) is 66.5 Å². The summed E-state index contributed by atoms with van der Waals surface area (Å²) >= 11 is 0. The Balaban J connectivity index is 2.07. The van der Waals surface area contributed by atoms with Crippen LogP contribution in [0.2, 0.25) is 0 Å². The van der Waals surface area contributed by atoms with Gasteiger partial charge in [-0.15, -0.1) is 0 Å². The molecule has 0 aliphatic carbocycles. The molecule has 2 aromatic rings. The van der Waals surface area contributed by atoms with Gasteiger partial charge in [-0.3, -0.25) is 9.10 Å². The number of hydrogen-bond acceptors (Lipinski definition) is 3. The second kappa shape index (κ2) is 8.78. The minimum atomic E-state index is -3.43. The van der Waals surface area contributed by atoms with Gasteiger partial charge in [0.05, 0.1) is 11.9 Å². The van der Waals surface area contributed by atoms with Gasteiger partial charge in [0.1, 0.15) is 0 Å². The summed E-state index contributed by atoms with van der Waals surface area (Å²) < 4.78 is 26.0. The number of carbonyl (C=O) groups is 1. The fourth-order valence-electron chi connectivity index (χ4n) is 3.42. The molecule has 152 valence electrons. The first-order valence-electron chi connectivity index (χ1n) is 9.41. The third kappa shape index (κ3) is 5.58. The number of aryl methyl sites for hydroxylation is 5. The van der Waals surface area contributed by atoms with Crippen LogP contribution < -0.4 is 9.62 Å². The highest BCUT2D eigenvalue weighted by Gasteiger charge is 2.19. The third-order valence-corrected chi connectivity index (χ3v) is 5.92. The number of nitrogens with zero attached hydrogens (tertiary/aromatic N) is 1. The lowest BCUT2D eigenvalue weighted by Gasteiger charge is -2.24. The zero-order valence-corrected chi connectivity index (χ0v) is 18.4. The van der Waals surface area contributed by atoms with Crippen LogP contribution in [0.1, 0.15) is 40.7 Å². The van der Waals surface area contributed by atoms with E-state index in [1.165, 1.54) is 10.6 Å². The van der Waals surface area contributed by atoms with Crippen molar-refractivity contribution >= 4 is 27.3 Å². The predicted octanol–water partition coefficient (Wildman–Crippen LogP) is 4.41. The zero-order chi connectivity index (χ0) is 21.1. The van der Waals surface area contributed by atoms with Gasteiger partial charge in [-0.1, -0.05) is 29.8 Å². The molecule has 0 spiro atoms. The van der Waals surface area contributed by atoms with Crippen molar-refractivity contribution in [2.45, 2.75) is 47.5 Å². The Morgan fingerprint density at radius 2 is 1.54 bits per heavy atom. The average molecular weight is 403 g/mol. The molecule has 0 atom stereocenters. The maximum Gasteiger partial charge on any atom is 0.232 e. The second-order valence-corrected chi connectivity index (χ2v) is 9.46. The normalized spacial score (nSPS) is 11.4. The van der Waals surface area contributed by atoms with Crippen LogP contribution in [0.5, 0.6) is 0 Å². The summed E-state index contributed by atoms with van der Waals surface area (Å²) in [6, 6.07) is 9.82. The van der Waals surface area contributed by atoms with Gasteiger partial charge in [0, 0.05) is 18.7 Å². The Labute approximate surface area is 168 Å². The van der Waals surface area contributed by atoms with Gasteiger partial charge in [-0.05, 0) is 69.4 Å². The average Bonchev–Trinajstić information content (AvgIpc) is 2.56. The molecule has 0 fully saturated rings. The monoisotopic (exact) mass is 402 g/mol. The minimum Gasteiger partial charge on any atom is -0.326 e. The fourth-order valence-corrected chi connectivity index (χ4v) is 4.43. The number of carbonyl (C=O) groups excluding carboxylic acids is 1. The lowest BCUT2D eigenvalue weighted by Crippen LogP contribution is -2.32. The highest BCUT2D eigenvalue weighted by Crippen LogP contribution is 2.25. The first kappa shape index (κ1) is 22.0. The van der Waals surface area contributed by atoms with E-state index in [1.54, 1.807) is 0 Å². The van der Waals surface area contributed by atoms with Crippen molar-refractivity contribution in [1.82, 2.24) is 0 Å². The molecule has 0 aliphatic rings. The Kier molecular flexibility index (Phi) is 6.88. The number of amides is 1. The van der Waals surface area contributed by atoms with Gasteiger partial charge < -0.3 is 5.32 Å². The molecular formula is C22H30N2O3S. The molecule has 2 rings (SSSR count). The van der Waals surface area contributed by atoms with E-state index >= 15 is 0 Å². The molecule has 0 bridgehead atoms. The zero-order valence-electron chi connectivity index (χ0n) is 17.6. The van der Waals surface area contributed by atoms with Gasteiger partial charge in [-0.2, -0.15) is 0 Å². The number of rotatable bonds is 7. The molecule has 1 N–H and O–H groups in total. The SMILES string of the molecule is Cc1cc(C)c(NC(=O)CCCN(c2cc(C)ccc2C)S(C)(=O)=O)c(C)c1. The van der Waals surface area contributed by atoms with Crippen LogP contribution in [0.25, 0.3) is 0 Å². The molecule has 0 radical (unpaired) electrons. The van der Waals surface area contributed by atoms with E-state index in [0.29, 0.717) is 12.1 Å². The Bertz CT molecular complexity index is 958. The largest absolute Gasteiger partial charge is 0.326 e. The van der Waals surface area contributed by atoms with E-state index < -0.39 is 10.0 Å². The predicted molar refractivity (Wildman–Crippen MR) is 117 cm³/mol. The van der Waals surface area contributed by atoms with Crippen LogP contribution in [-0.2, 0) is 14.8 Å². The van der Waals surface area contributed by atoms with Crippen LogP contribution in [0.15, 0.2) is 30.3 Å². The second-order valence-electron chi connectivity index (χ2n) is 7.55. The first-order chi connectivity index (χ1) is 13.0. The number of benzene rings is 2. The highest BCUT2D eigenvalue weighted by molar-refractivity contribution is 7.92.